The molecular weight excluding hydrogens is 339 g/mol. The number of alkyl halides is 3. The van der Waals surface area contributed by atoms with Gasteiger partial charge in [0.15, 0.2) is 11.5 Å². The zero-order chi connectivity index (χ0) is 15.7. The lowest BCUT2D eigenvalue weighted by atomic mass is 9.77. The molecule has 0 spiro atoms. The molecule has 1 unspecified atom stereocenters. The second kappa shape index (κ2) is 5.81. The molecule has 0 aliphatic rings. The van der Waals surface area contributed by atoms with E-state index in [0.717, 1.165) is 0 Å². The number of rotatable bonds is 4. The van der Waals surface area contributed by atoms with Crippen LogP contribution in [0.1, 0.15) is 19.4 Å². The standard InChI is InChI=1S/C13H17BrF3NO2/c1-12(2,11(18)13(15,16)17)7-5-9(19-3)10(20-4)6-8(7)14/h5-6,11H,18H2,1-4H3. The largest absolute Gasteiger partial charge is 0.493 e. The summed E-state index contributed by atoms with van der Waals surface area (Å²) in [6, 6.07) is 1.08. The van der Waals surface area contributed by atoms with E-state index in [1.165, 1.54) is 34.1 Å². The highest BCUT2D eigenvalue weighted by atomic mass is 79.9. The van der Waals surface area contributed by atoms with Gasteiger partial charge in [-0.3, -0.25) is 0 Å². The van der Waals surface area contributed by atoms with E-state index >= 15 is 0 Å². The summed E-state index contributed by atoms with van der Waals surface area (Å²) < 4.78 is 49.4. The summed E-state index contributed by atoms with van der Waals surface area (Å²) in [5.41, 5.74) is 4.45. The third-order valence-electron chi connectivity index (χ3n) is 3.30. The Kier molecular flexibility index (Phi) is 4.97. The lowest BCUT2D eigenvalue weighted by molar-refractivity contribution is -0.160. The van der Waals surface area contributed by atoms with Gasteiger partial charge in [0.1, 0.15) is 6.04 Å². The molecule has 0 saturated carbocycles. The molecule has 0 radical (unpaired) electrons. The molecule has 0 bridgehead atoms. The van der Waals surface area contributed by atoms with Crippen LogP contribution in [0.15, 0.2) is 16.6 Å². The predicted molar refractivity (Wildman–Crippen MR) is 74.3 cm³/mol. The van der Waals surface area contributed by atoms with Crippen molar-refractivity contribution >= 4 is 15.9 Å². The van der Waals surface area contributed by atoms with Crippen molar-refractivity contribution in [3.63, 3.8) is 0 Å². The van der Waals surface area contributed by atoms with Crippen molar-refractivity contribution in [2.75, 3.05) is 14.2 Å². The lowest BCUT2D eigenvalue weighted by Crippen LogP contribution is -2.51. The molecule has 1 atom stereocenters. The fourth-order valence-corrected chi connectivity index (χ4v) is 2.76. The first kappa shape index (κ1) is 17.1. The molecule has 0 aliphatic carbocycles. The molecule has 1 aromatic carbocycles. The van der Waals surface area contributed by atoms with Crippen LogP contribution in [-0.2, 0) is 5.41 Å². The van der Waals surface area contributed by atoms with Gasteiger partial charge in [-0.2, -0.15) is 13.2 Å². The third-order valence-corrected chi connectivity index (χ3v) is 3.95. The second-order valence-corrected chi connectivity index (χ2v) is 5.78. The van der Waals surface area contributed by atoms with Crippen LogP contribution in [0.3, 0.4) is 0 Å². The van der Waals surface area contributed by atoms with E-state index in [1.807, 2.05) is 0 Å². The first-order valence-electron chi connectivity index (χ1n) is 5.80. The second-order valence-electron chi connectivity index (χ2n) is 4.93. The Hall–Kier alpha value is -0.950. The normalized spacial score (nSPS) is 14.1. The van der Waals surface area contributed by atoms with Crippen molar-refractivity contribution < 1.29 is 22.6 Å². The minimum atomic E-state index is -4.49. The van der Waals surface area contributed by atoms with Gasteiger partial charge in [0.2, 0.25) is 0 Å². The summed E-state index contributed by atoms with van der Waals surface area (Å²) in [6.45, 7) is 2.88. The Morgan fingerprint density at radius 1 is 1.10 bits per heavy atom. The topological polar surface area (TPSA) is 44.5 Å². The van der Waals surface area contributed by atoms with Gasteiger partial charge in [-0.1, -0.05) is 29.8 Å². The zero-order valence-electron chi connectivity index (χ0n) is 11.6. The maximum absolute atomic E-state index is 12.9. The predicted octanol–water partition coefficient (Wildman–Crippen LogP) is 3.63. The number of methoxy groups -OCH3 is 2. The van der Waals surface area contributed by atoms with Gasteiger partial charge >= 0.3 is 6.18 Å². The van der Waals surface area contributed by atoms with Crippen molar-refractivity contribution in [1.29, 1.82) is 0 Å². The van der Waals surface area contributed by atoms with E-state index in [9.17, 15) is 13.2 Å². The maximum Gasteiger partial charge on any atom is 0.404 e. The van der Waals surface area contributed by atoms with Crippen LogP contribution >= 0.6 is 15.9 Å². The van der Waals surface area contributed by atoms with E-state index in [-0.39, 0.29) is 0 Å². The summed E-state index contributed by atoms with van der Waals surface area (Å²) in [5.74, 6) is 0.785. The average Bonchev–Trinajstić information content (AvgIpc) is 2.35. The van der Waals surface area contributed by atoms with Gasteiger partial charge in [0.25, 0.3) is 0 Å². The van der Waals surface area contributed by atoms with Crippen molar-refractivity contribution in [3.8, 4) is 11.5 Å². The fourth-order valence-electron chi connectivity index (χ4n) is 1.92. The highest BCUT2D eigenvalue weighted by Gasteiger charge is 2.48. The van der Waals surface area contributed by atoms with Crippen LogP contribution in [0.5, 0.6) is 11.5 Å². The molecule has 0 aliphatic heterocycles. The molecule has 1 rings (SSSR count). The van der Waals surface area contributed by atoms with Gasteiger partial charge in [-0.15, -0.1) is 0 Å². The number of benzene rings is 1. The fraction of sp³-hybridized carbons (Fsp3) is 0.538. The van der Waals surface area contributed by atoms with Crippen LogP contribution in [0.4, 0.5) is 13.2 Å². The molecule has 0 fully saturated rings. The maximum atomic E-state index is 12.9. The smallest absolute Gasteiger partial charge is 0.404 e. The van der Waals surface area contributed by atoms with E-state index in [1.54, 1.807) is 6.07 Å². The van der Waals surface area contributed by atoms with Crippen molar-refractivity contribution in [2.45, 2.75) is 31.5 Å². The van der Waals surface area contributed by atoms with Gasteiger partial charge in [0, 0.05) is 9.89 Å². The molecule has 0 amide bonds. The molecular formula is C13H17BrF3NO2. The van der Waals surface area contributed by atoms with E-state index in [2.05, 4.69) is 15.9 Å². The number of halogens is 4. The Bertz CT molecular complexity index is 489. The molecule has 114 valence electrons. The highest BCUT2D eigenvalue weighted by molar-refractivity contribution is 9.10. The van der Waals surface area contributed by atoms with Gasteiger partial charge in [-0.05, 0) is 17.7 Å². The molecule has 0 saturated heterocycles. The molecule has 2 N–H and O–H groups in total. The van der Waals surface area contributed by atoms with E-state index in [0.29, 0.717) is 21.5 Å². The van der Waals surface area contributed by atoms with Gasteiger partial charge in [0.05, 0.1) is 14.2 Å². The van der Waals surface area contributed by atoms with E-state index < -0.39 is 17.6 Å². The summed E-state index contributed by atoms with van der Waals surface area (Å²) in [4.78, 5) is 0. The first-order chi connectivity index (χ1) is 9.05. The molecule has 0 aromatic heterocycles. The summed E-state index contributed by atoms with van der Waals surface area (Å²) in [7, 11) is 2.88. The molecule has 20 heavy (non-hydrogen) atoms. The van der Waals surface area contributed by atoms with Crippen molar-refractivity contribution in [1.82, 2.24) is 0 Å². The van der Waals surface area contributed by atoms with Crippen LogP contribution < -0.4 is 15.2 Å². The lowest BCUT2D eigenvalue weighted by Gasteiger charge is -2.34. The van der Waals surface area contributed by atoms with Crippen LogP contribution in [-0.4, -0.2) is 26.4 Å². The van der Waals surface area contributed by atoms with Crippen LogP contribution in [0.25, 0.3) is 0 Å². The summed E-state index contributed by atoms with van der Waals surface area (Å²) in [6.07, 6.45) is -4.49. The number of hydrogen-bond acceptors (Lipinski definition) is 3. The average molecular weight is 356 g/mol. The Labute approximate surface area is 124 Å². The first-order valence-corrected chi connectivity index (χ1v) is 6.59. The molecule has 3 nitrogen and oxygen atoms in total. The van der Waals surface area contributed by atoms with E-state index in [4.69, 9.17) is 15.2 Å². The van der Waals surface area contributed by atoms with Crippen LogP contribution in [0, 0.1) is 0 Å². The van der Waals surface area contributed by atoms with Crippen molar-refractivity contribution in [2.24, 2.45) is 5.73 Å². The quantitative estimate of drug-likeness (QED) is 0.896. The summed E-state index contributed by atoms with van der Waals surface area (Å²) >= 11 is 3.26. The zero-order valence-corrected chi connectivity index (χ0v) is 13.2. The monoisotopic (exact) mass is 355 g/mol. The molecule has 0 heterocycles. The highest BCUT2D eigenvalue weighted by Crippen LogP contribution is 2.42. The Morgan fingerprint density at radius 3 is 1.95 bits per heavy atom. The van der Waals surface area contributed by atoms with Crippen LogP contribution in [0.2, 0.25) is 0 Å². The number of ether oxygens (including phenoxy) is 2. The number of hydrogen-bond donors (Lipinski definition) is 1. The summed E-state index contributed by atoms with van der Waals surface area (Å²) in [5, 5.41) is 0. The SMILES string of the molecule is COc1cc(Br)c(C(C)(C)C(N)C(F)(F)F)cc1OC. The van der Waals surface area contributed by atoms with Gasteiger partial charge in [-0.25, -0.2) is 0 Å². The van der Waals surface area contributed by atoms with Gasteiger partial charge < -0.3 is 15.2 Å². The molecule has 1 aromatic rings. The number of nitrogens with two attached hydrogens (primary N) is 1. The third kappa shape index (κ3) is 3.20. The minimum Gasteiger partial charge on any atom is -0.493 e. The molecule has 7 heteroatoms. The Balaban J connectivity index is 3.38. The Morgan fingerprint density at radius 2 is 1.55 bits per heavy atom. The minimum absolute atomic E-state index is 0.355. The van der Waals surface area contributed by atoms with Crippen molar-refractivity contribution in [3.05, 3.63) is 22.2 Å².